The van der Waals surface area contributed by atoms with Crippen LogP contribution in [0.5, 0.6) is 0 Å². The summed E-state index contributed by atoms with van der Waals surface area (Å²) in [5.41, 5.74) is 3.94. The number of hydrogen-bond acceptors (Lipinski definition) is 2. The van der Waals surface area contributed by atoms with Crippen LogP contribution in [0.2, 0.25) is 0 Å². The molecule has 1 unspecified atom stereocenters. The molecule has 1 saturated heterocycles. The van der Waals surface area contributed by atoms with Crippen LogP contribution in [-0.2, 0) is 6.54 Å². The number of nitrogens with zero attached hydrogens (tertiary/aromatic N) is 1. The zero-order valence-electron chi connectivity index (χ0n) is 11.5. The number of benzene rings is 2. The topological polar surface area (TPSA) is 24.4 Å². The van der Waals surface area contributed by atoms with Gasteiger partial charge in [-0.2, -0.15) is 0 Å². The van der Waals surface area contributed by atoms with Crippen LogP contribution < -0.4 is 5.32 Å². The fourth-order valence-corrected chi connectivity index (χ4v) is 3.28. The predicted molar refractivity (Wildman–Crippen MR) is 87.1 cm³/mol. The molecule has 1 N–H and O–H groups in total. The van der Waals surface area contributed by atoms with E-state index >= 15 is 0 Å². The molecule has 1 heterocycles. The highest BCUT2D eigenvalue weighted by Crippen LogP contribution is 2.26. The molecule has 1 fully saturated rings. The van der Waals surface area contributed by atoms with Crippen LogP contribution in [0.25, 0.3) is 0 Å². The van der Waals surface area contributed by atoms with Gasteiger partial charge in [-0.3, -0.25) is 4.99 Å². The van der Waals surface area contributed by atoms with E-state index in [0.717, 1.165) is 17.5 Å². The number of aryl methyl sites for hydroxylation is 1. The Bertz CT molecular complexity index is 607. The first-order valence-electron chi connectivity index (χ1n) is 6.86. The molecule has 3 rings (SSSR count). The zero-order valence-corrected chi connectivity index (χ0v) is 12.4. The number of hydrogen-bond donors (Lipinski definition) is 1. The standard InChI is InChI=1S/C17H18N2S/c1-13-7-5-6-10-15(13)11-18-17-19-16(12-20-17)14-8-3-2-4-9-14/h2-10,16H,11-12H2,1H3,(H,18,19). The summed E-state index contributed by atoms with van der Waals surface area (Å²) in [5, 5.41) is 4.57. The quantitative estimate of drug-likeness (QED) is 0.922. The third-order valence-corrected chi connectivity index (χ3v) is 4.56. The molecule has 1 aliphatic heterocycles. The third-order valence-electron chi connectivity index (χ3n) is 3.54. The van der Waals surface area contributed by atoms with Crippen LogP contribution in [0.4, 0.5) is 0 Å². The lowest BCUT2D eigenvalue weighted by atomic mass is 10.1. The minimum atomic E-state index is 0.386. The van der Waals surface area contributed by atoms with Crippen molar-refractivity contribution < 1.29 is 0 Å². The van der Waals surface area contributed by atoms with E-state index in [-0.39, 0.29) is 0 Å². The smallest absolute Gasteiger partial charge is 0.157 e. The Hall–Kier alpha value is -1.74. The van der Waals surface area contributed by atoms with Gasteiger partial charge in [0.1, 0.15) is 0 Å². The Kier molecular flexibility index (Phi) is 4.07. The summed E-state index contributed by atoms with van der Waals surface area (Å²) in [4.78, 5) is 4.70. The Balaban J connectivity index is 1.66. The van der Waals surface area contributed by atoms with Gasteiger partial charge in [0.05, 0.1) is 12.6 Å². The molecule has 2 aromatic carbocycles. The molecule has 0 bridgehead atoms. The second kappa shape index (κ2) is 6.14. The van der Waals surface area contributed by atoms with E-state index < -0.39 is 0 Å². The van der Waals surface area contributed by atoms with E-state index in [0.29, 0.717) is 6.04 Å². The Morgan fingerprint density at radius 2 is 1.85 bits per heavy atom. The van der Waals surface area contributed by atoms with E-state index in [1.54, 1.807) is 0 Å². The number of amidine groups is 1. The van der Waals surface area contributed by atoms with Crippen molar-refractivity contribution >= 4 is 16.9 Å². The lowest BCUT2D eigenvalue weighted by molar-refractivity contribution is 0.748. The zero-order chi connectivity index (χ0) is 13.8. The van der Waals surface area contributed by atoms with Gasteiger partial charge in [-0.15, -0.1) is 0 Å². The average molecular weight is 282 g/mol. The van der Waals surface area contributed by atoms with Gasteiger partial charge in [0.15, 0.2) is 5.17 Å². The van der Waals surface area contributed by atoms with Crippen molar-refractivity contribution in [3.8, 4) is 0 Å². The normalized spacial score (nSPS) is 20.1. The summed E-state index contributed by atoms with van der Waals surface area (Å²) in [7, 11) is 0. The molecule has 0 aromatic heterocycles. The highest BCUT2D eigenvalue weighted by atomic mass is 32.2. The molecule has 2 nitrogen and oxygen atoms in total. The van der Waals surface area contributed by atoms with Gasteiger partial charge in [-0.25, -0.2) is 0 Å². The maximum atomic E-state index is 4.70. The molecule has 3 heteroatoms. The van der Waals surface area contributed by atoms with Crippen molar-refractivity contribution in [2.24, 2.45) is 4.99 Å². The molecule has 20 heavy (non-hydrogen) atoms. The Morgan fingerprint density at radius 3 is 2.65 bits per heavy atom. The van der Waals surface area contributed by atoms with Crippen LogP contribution in [0, 0.1) is 6.92 Å². The monoisotopic (exact) mass is 282 g/mol. The molecule has 0 amide bonds. The fourth-order valence-electron chi connectivity index (χ4n) is 2.30. The highest BCUT2D eigenvalue weighted by Gasteiger charge is 2.21. The van der Waals surface area contributed by atoms with Crippen LogP contribution >= 0.6 is 11.8 Å². The molecule has 102 valence electrons. The second-order valence-electron chi connectivity index (χ2n) is 4.97. The summed E-state index contributed by atoms with van der Waals surface area (Å²) < 4.78 is 0. The van der Waals surface area contributed by atoms with Crippen molar-refractivity contribution in [3.63, 3.8) is 0 Å². The van der Waals surface area contributed by atoms with Gasteiger partial charge in [0.25, 0.3) is 0 Å². The first-order chi connectivity index (χ1) is 9.83. The Morgan fingerprint density at radius 1 is 1.10 bits per heavy atom. The lowest BCUT2D eigenvalue weighted by Crippen LogP contribution is -2.19. The van der Waals surface area contributed by atoms with Crippen molar-refractivity contribution in [2.45, 2.75) is 19.5 Å². The van der Waals surface area contributed by atoms with Gasteiger partial charge in [-0.1, -0.05) is 66.4 Å². The summed E-state index contributed by atoms with van der Waals surface area (Å²) in [5.74, 6) is 1.05. The third kappa shape index (κ3) is 3.05. The maximum Gasteiger partial charge on any atom is 0.157 e. The second-order valence-corrected chi connectivity index (χ2v) is 5.98. The summed E-state index contributed by atoms with van der Waals surface area (Å²) >= 11 is 1.81. The van der Waals surface area contributed by atoms with Crippen molar-refractivity contribution in [2.75, 3.05) is 5.75 Å². The van der Waals surface area contributed by atoms with Crippen molar-refractivity contribution in [1.29, 1.82) is 0 Å². The van der Waals surface area contributed by atoms with E-state index in [2.05, 4.69) is 66.8 Å². The van der Waals surface area contributed by atoms with Gasteiger partial charge < -0.3 is 5.32 Å². The summed E-state index contributed by atoms with van der Waals surface area (Å²) in [6, 6.07) is 19.4. The maximum absolute atomic E-state index is 4.70. The van der Waals surface area contributed by atoms with E-state index in [1.807, 2.05) is 11.8 Å². The van der Waals surface area contributed by atoms with Crippen LogP contribution in [0.1, 0.15) is 22.7 Å². The first-order valence-corrected chi connectivity index (χ1v) is 7.85. The molecule has 1 atom stereocenters. The lowest BCUT2D eigenvalue weighted by Gasteiger charge is -2.09. The molecular weight excluding hydrogens is 264 g/mol. The molecule has 2 aromatic rings. The minimum Gasteiger partial charge on any atom is -0.357 e. The van der Waals surface area contributed by atoms with E-state index in [9.17, 15) is 0 Å². The largest absolute Gasteiger partial charge is 0.357 e. The molecule has 0 saturated carbocycles. The number of rotatable bonds is 3. The summed E-state index contributed by atoms with van der Waals surface area (Å²) in [6.45, 7) is 2.89. The predicted octanol–water partition coefficient (Wildman–Crippen LogP) is 3.93. The van der Waals surface area contributed by atoms with Gasteiger partial charge in [-0.05, 0) is 23.6 Å². The van der Waals surface area contributed by atoms with E-state index in [4.69, 9.17) is 4.99 Å². The number of nitrogens with one attached hydrogen (secondary N) is 1. The van der Waals surface area contributed by atoms with Crippen molar-refractivity contribution in [3.05, 3.63) is 71.3 Å². The molecule has 0 spiro atoms. The molecule has 1 aliphatic rings. The number of thioether (sulfide) groups is 1. The fraction of sp³-hybridized carbons (Fsp3) is 0.235. The van der Waals surface area contributed by atoms with E-state index in [1.165, 1.54) is 16.7 Å². The van der Waals surface area contributed by atoms with Crippen LogP contribution in [0.3, 0.4) is 0 Å². The Labute approximate surface area is 124 Å². The first kappa shape index (κ1) is 13.3. The van der Waals surface area contributed by atoms with Gasteiger partial charge in [0, 0.05) is 5.75 Å². The highest BCUT2D eigenvalue weighted by molar-refractivity contribution is 8.14. The molecular formula is C17H18N2S. The van der Waals surface area contributed by atoms with Crippen molar-refractivity contribution in [1.82, 2.24) is 5.32 Å². The number of aliphatic imine (C=N–C) groups is 1. The van der Waals surface area contributed by atoms with Gasteiger partial charge in [0.2, 0.25) is 0 Å². The minimum absolute atomic E-state index is 0.386. The SMILES string of the molecule is Cc1ccccc1CN=C1NC(c2ccccc2)CS1. The summed E-state index contributed by atoms with van der Waals surface area (Å²) in [6.07, 6.45) is 0. The molecule has 0 aliphatic carbocycles. The van der Waals surface area contributed by atoms with Gasteiger partial charge >= 0.3 is 0 Å². The van der Waals surface area contributed by atoms with Crippen LogP contribution in [0.15, 0.2) is 59.6 Å². The van der Waals surface area contributed by atoms with Crippen LogP contribution in [-0.4, -0.2) is 10.9 Å². The molecule has 0 radical (unpaired) electrons. The average Bonchev–Trinajstić information content (AvgIpc) is 2.96.